The number of anilines is 1. The fourth-order valence-electron chi connectivity index (χ4n) is 6.81. The summed E-state index contributed by atoms with van der Waals surface area (Å²) >= 11 is 0. The molecule has 8 heteroatoms. The summed E-state index contributed by atoms with van der Waals surface area (Å²) in [5, 5.41) is 22.4. The van der Waals surface area contributed by atoms with Crippen LogP contribution in [0.2, 0.25) is 0 Å². The molecule has 6 atom stereocenters. The van der Waals surface area contributed by atoms with Gasteiger partial charge in [0.25, 0.3) is 5.91 Å². The van der Waals surface area contributed by atoms with Crippen LogP contribution in [0.25, 0.3) is 10.8 Å². The molecule has 3 aliphatic rings. The van der Waals surface area contributed by atoms with E-state index in [1.165, 1.54) is 4.90 Å². The molecule has 1 spiro atoms. The van der Waals surface area contributed by atoms with E-state index in [2.05, 4.69) is 6.58 Å². The number of benzene rings is 2. The summed E-state index contributed by atoms with van der Waals surface area (Å²) in [7, 11) is 0. The van der Waals surface area contributed by atoms with Gasteiger partial charge in [-0.15, -0.1) is 6.58 Å². The highest BCUT2D eigenvalue weighted by Gasteiger charge is 2.75. The lowest BCUT2D eigenvalue weighted by molar-refractivity contribution is -0.151. The zero-order valence-electron chi connectivity index (χ0n) is 21.2. The Kier molecular flexibility index (Phi) is 6.58. The van der Waals surface area contributed by atoms with E-state index >= 15 is 0 Å². The zero-order valence-corrected chi connectivity index (χ0v) is 21.2. The van der Waals surface area contributed by atoms with E-state index in [0.717, 1.165) is 10.8 Å². The van der Waals surface area contributed by atoms with Gasteiger partial charge in [-0.2, -0.15) is 0 Å². The molecule has 3 saturated heterocycles. The number of aliphatic hydroxyl groups excluding tert-OH is 1. The number of aliphatic hydroxyl groups is 1. The van der Waals surface area contributed by atoms with Gasteiger partial charge >= 0.3 is 5.97 Å². The first-order chi connectivity index (χ1) is 17.7. The Morgan fingerprint density at radius 1 is 1.24 bits per heavy atom. The molecule has 2 amide bonds. The number of hydrogen-bond donors (Lipinski definition) is 2. The second-order valence-electron chi connectivity index (χ2n) is 10.9. The first kappa shape index (κ1) is 25.4. The lowest BCUT2D eigenvalue weighted by Gasteiger charge is -2.39. The Bertz CT molecular complexity index is 1240. The minimum Gasteiger partial charge on any atom is -0.481 e. The van der Waals surface area contributed by atoms with Crippen molar-refractivity contribution in [2.45, 2.75) is 56.9 Å². The lowest BCUT2D eigenvalue weighted by Crippen LogP contribution is -2.59. The Morgan fingerprint density at radius 3 is 2.62 bits per heavy atom. The molecule has 5 rings (SSSR count). The second-order valence-corrected chi connectivity index (χ2v) is 10.9. The van der Waals surface area contributed by atoms with Crippen LogP contribution in [0.3, 0.4) is 0 Å². The number of nitrogens with zero attached hydrogens (tertiary/aromatic N) is 2. The number of aliphatic carboxylic acids is 1. The van der Waals surface area contributed by atoms with Gasteiger partial charge in [-0.1, -0.05) is 50.3 Å². The van der Waals surface area contributed by atoms with Crippen LogP contribution >= 0.6 is 0 Å². The molecule has 37 heavy (non-hydrogen) atoms. The van der Waals surface area contributed by atoms with Gasteiger partial charge in [-0.05, 0) is 48.1 Å². The molecular weight excluding hydrogens is 472 g/mol. The third kappa shape index (κ3) is 3.94. The number of carbonyl (C=O) groups excluding carboxylic acids is 2. The van der Waals surface area contributed by atoms with Gasteiger partial charge in [-0.25, -0.2) is 0 Å². The molecule has 2 N–H and O–H groups in total. The zero-order chi connectivity index (χ0) is 26.5. The van der Waals surface area contributed by atoms with Crippen LogP contribution in [0.5, 0.6) is 0 Å². The molecule has 3 fully saturated rings. The van der Waals surface area contributed by atoms with E-state index in [4.69, 9.17) is 4.74 Å². The van der Waals surface area contributed by atoms with E-state index in [1.54, 1.807) is 11.0 Å². The fraction of sp³-hybridized carbons (Fsp3) is 0.483. The van der Waals surface area contributed by atoms with E-state index in [1.807, 2.05) is 56.3 Å². The van der Waals surface area contributed by atoms with Crippen molar-refractivity contribution in [1.82, 2.24) is 4.90 Å². The highest BCUT2D eigenvalue weighted by molar-refractivity contribution is 6.05. The summed E-state index contributed by atoms with van der Waals surface area (Å²) in [6.45, 7) is 7.70. The molecule has 0 aliphatic carbocycles. The molecule has 2 aromatic rings. The largest absolute Gasteiger partial charge is 0.481 e. The van der Waals surface area contributed by atoms with Crippen LogP contribution in [0.1, 0.15) is 33.1 Å². The van der Waals surface area contributed by atoms with Gasteiger partial charge in [0, 0.05) is 12.2 Å². The molecule has 8 nitrogen and oxygen atoms in total. The van der Waals surface area contributed by atoms with Crippen molar-refractivity contribution >= 4 is 34.2 Å². The quantitative estimate of drug-likeness (QED) is 0.506. The molecule has 0 radical (unpaired) electrons. The minimum absolute atomic E-state index is 0.149. The number of carbonyl (C=O) groups is 3. The standard InChI is InChI=1S/C29H34N2O6/c1-4-13-30(20-10-9-18-7-5-6-8-19(18)15-20)27(34)25-29-12-11-22(37-29)23(28(35)36)24(29)26(33)31(25)21(16-32)14-17(2)3/h4-10,15,17,21-25,32H,1,11-14,16H2,2-3H3,(H,35,36)/t21-,22-,23+,24+,25?,29?/m1/s1. The minimum atomic E-state index is -1.23. The fourth-order valence-corrected chi connectivity index (χ4v) is 6.81. The Hall–Kier alpha value is -3.23. The Balaban J connectivity index is 1.62. The van der Waals surface area contributed by atoms with Crippen LogP contribution in [0.15, 0.2) is 55.1 Å². The van der Waals surface area contributed by atoms with Crippen LogP contribution < -0.4 is 4.90 Å². The van der Waals surface area contributed by atoms with Crippen molar-refractivity contribution in [3.8, 4) is 0 Å². The lowest BCUT2D eigenvalue weighted by atomic mass is 9.70. The van der Waals surface area contributed by atoms with E-state index in [9.17, 15) is 24.6 Å². The first-order valence-corrected chi connectivity index (χ1v) is 13.0. The van der Waals surface area contributed by atoms with E-state index < -0.39 is 47.5 Å². The van der Waals surface area contributed by atoms with Gasteiger partial charge < -0.3 is 24.7 Å². The molecule has 3 aliphatic heterocycles. The molecular formula is C29H34N2O6. The summed E-state index contributed by atoms with van der Waals surface area (Å²) < 4.78 is 6.33. The summed E-state index contributed by atoms with van der Waals surface area (Å²) in [5.41, 5.74) is -0.578. The monoisotopic (exact) mass is 506 g/mol. The highest BCUT2D eigenvalue weighted by Crippen LogP contribution is 2.59. The molecule has 2 bridgehead atoms. The average molecular weight is 507 g/mol. The molecule has 2 aromatic carbocycles. The molecule has 0 saturated carbocycles. The van der Waals surface area contributed by atoms with Crippen molar-refractivity contribution < 1.29 is 29.3 Å². The Morgan fingerprint density at radius 2 is 1.97 bits per heavy atom. The first-order valence-electron chi connectivity index (χ1n) is 13.0. The number of carboxylic acids is 1. The summed E-state index contributed by atoms with van der Waals surface area (Å²) in [4.78, 5) is 43.8. The average Bonchev–Trinajstić information content (AvgIpc) is 3.52. The second kappa shape index (κ2) is 9.58. The predicted molar refractivity (Wildman–Crippen MR) is 139 cm³/mol. The summed E-state index contributed by atoms with van der Waals surface area (Å²) in [6, 6.07) is 11.9. The van der Waals surface area contributed by atoms with E-state index in [-0.39, 0.29) is 25.0 Å². The third-order valence-electron chi connectivity index (χ3n) is 8.23. The van der Waals surface area contributed by atoms with Crippen molar-refractivity contribution in [1.29, 1.82) is 0 Å². The summed E-state index contributed by atoms with van der Waals surface area (Å²) in [5.74, 6) is -3.66. The third-order valence-corrected chi connectivity index (χ3v) is 8.23. The van der Waals surface area contributed by atoms with Crippen LogP contribution in [0.4, 0.5) is 5.69 Å². The number of fused-ring (bicyclic) bond motifs is 2. The molecule has 0 aromatic heterocycles. The topological polar surface area (TPSA) is 107 Å². The van der Waals surface area contributed by atoms with Crippen LogP contribution in [0, 0.1) is 17.8 Å². The smallest absolute Gasteiger partial charge is 0.310 e. The van der Waals surface area contributed by atoms with Crippen LogP contribution in [-0.2, 0) is 19.1 Å². The van der Waals surface area contributed by atoms with E-state index in [0.29, 0.717) is 24.9 Å². The number of amides is 2. The number of carboxylic acid groups (broad SMARTS) is 1. The van der Waals surface area contributed by atoms with Crippen molar-refractivity contribution in [3.63, 3.8) is 0 Å². The number of likely N-dealkylation sites (tertiary alicyclic amines) is 1. The van der Waals surface area contributed by atoms with Gasteiger partial charge in [0.1, 0.15) is 11.6 Å². The van der Waals surface area contributed by atoms with Gasteiger partial charge in [0.2, 0.25) is 5.91 Å². The van der Waals surface area contributed by atoms with Crippen LogP contribution in [-0.4, -0.2) is 69.8 Å². The number of rotatable bonds is 9. The van der Waals surface area contributed by atoms with Gasteiger partial charge in [0.05, 0.1) is 30.6 Å². The SMILES string of the molecule is C=CCN(C(=O)C1N([C@@H](CO)CC(C)C)C(=O)[C@@H]2[C@@H](C(=O)O)[C@H]3CCC12O3)c1ccc2ccccc2c1. The predicted octanol–water partition coefficient (Wildman–Crippen LogP) is 3.23. The molecule has 3 heterocycles. The van der Waals surface area contributed by atoms with Crippen molar-refractivity contribution in [2.75, 3.05) is 18.1 Å². The maximum absolute atomic E-state index is 14.5. The maximum Gasteiger partial charge on any atom is 0.310 e. The molecule has 196 valence electrons. The normalized spacial score (nSPS) is 29.1. The summed E-state index contributed by atoms with van der Waals surface area (Å²) in [6.07, 6.45) is 2.41. The van der Waals surface area contributed by atoms with Crippen molar-refractivity contribution in [2.24, 2.45) is 17.8 Å². The Labute approximate surface area is 216 Å². The maximum atomic E-state index is 14.5. The van der Waals surface area contributed by atoms with Gasteiger partial charge in [-0.3, -0.25) is 14.4 Å². The number of ether oxygens (including phenoxy) is 1. The highest BCUT2D eigenvalue weighted by atomic mass is 16.5. The van der Waals surface area contributed by atoms with Crippen molar-refractivity contribution in [3.05, 3.63) is 55.1 Å². The molecule has 2 unspecified atom stereocenters. The van der Waals surface area contributed by atoms with Gasteiger partial charge in [0.15, 0.2) is 0 Å². The number of hydrogen-bond acceptors (Lipinski definition) is 5.